The first-order valence-electron chi connectivity index (χ1n) is 5.91. The Bertz CT molecular complexity index is 381. The number of benzene rings is 1. The molecule has 0 spiro atoms. The third-order valence-corrected chi connectivity index (χ3v) is 2.79. The van der Waals surface area contributed by atoms with Gasteiger partial charge in [-0.05, 0) is 24.8 Å². The molecule has 0 aromatic heterocycles. The van der Waals surface area contributed by atoms with Crippen molar-refractivity contribution in [3.8, 4) is 0 Å². The molecule has 0 fully saturated rings. The van der Waals surface area contributed by atoms with Crippen LogP contribution in [0.1, 0.15) is 24.8 Å². The molecule has 0 aliphatic rings. The number of nitrogens with two attached hydrogens (primary N) is 1. The van der Waals surface area contributed by atoms with Crippen LogP contribution in [-0.4, -0.2) is 28.5 Å². The molecule has 98 valence electrons. The topological polar surface area (TPSA) is 83.6 Å². The maximum Gasteiger partial charge on any atom is 0.422 e. The number of aryl methyl sites for hydroxylation is 1. The van der Waals surface area contributed by atoms with E-state index in [1.807, 2.05) is 30.3 Å². The van der Waals surface area contributed by atoms with Crippen LogP contribution in [0, 0.1) is 0 Å². The van der Waals surface area contributed by atoms with Crippen molar-refractivity contribution in [1.82, 2.24) is 5.01 Å². The van der Waals surface area contributed by atoms with Gasteiger partial charge in [0, 0.05) is 0 Å². The van der Waals surface area contributed by atoms with Gasteiger partial charge in [-0.1, -0.05) is 36.8 Å². The van der Waals surface area contributed by atoms with Crippen LogP contribution in [0.5, 0.6) is 0 Å². The molecule has 0 aliphatic carbocycles. The molecule has 0 saturated heterocycles. The van der Waals surface area contributed by atoms with Gasteiger partial charge < -0.3 is 9.90 Å². The van der Waals surface area contributed by atoms with Gasteiger partial charge >= 0.3 is 6.09 Å². The van der Waals surface area contributed by atoms with Crippen molar-refractivity contribution in [1.29, 1.82) is 0 Å². The highest BCUT2D eigenvalue weighted by Crippen LogP contribution is 2.09. The molecule has 1 aromatic rings. The van der Waals surface area contributed by atoms with Gasteiger partial charge in [-0.3, -0.25) is 0 Å². The summed E-state index contributed by atoms with van der Waals surface area (Å²) in [6, 6.07) is 9.27. The van der Waals surface area contributed by atoms with Crippen LogP contribution in [-0.2, 0) is 11.2 Å². The van der Waals surface area contributed by atoms with Crippen molar-refractivity contribution in [2.75, 3.05) is 0 Å². The molecule has 1 atom stereocenters. The van der Waals surface area contributed by atoms with E-state index in [9.17, 15) is 9.59 Å². The molecule has 0 heterocycles. The monoisotopic (exact) mass is 250 g/mol. The minimum atomic E-state index is -1.28. The van der Waals surface area contributed by atoms with E-state index in [0.29, 0.717) is 17.7 Å². The molecule has 18 heavy (non-hydrogen) atoms. The normalized spacial score (nSPS) is 11.8. The molecule has 5 heteroatoms. The fraction of sp³-hybridized carbons (Fsp3) is 0.385. The molecule has 3 N–H and O–H groups in total. The lowest BCUT2D eigenvalue weighted by Crippen LogP contribution is -2.45. The van der Waals surface area contributed by atoms with Gasteiger partial charge in [0.25, 0.3) is 0 Å². The number of nitrogens with zero attached hydrogens (tertiary/aromatic N) is 1. The van der Waals surface area contributed by atoms with Gasteiger partial charge in [0.1, 0.15) is 12.3 Å². The molecule has 1 rings (SSSR count). The van der Waals surface area contributed by atoms with Crippen LogP contribution in [0.3, 0.4) is 0 Å². The molecule has 1 aromatic carbocycles. The second-order valence-corrected chi connectivity index (χ2v) is 4.12. The molecule has 1 amide bonds. The summed E-state index contributed by atoms with van der Waals surface area (Å²) in [4.78, 5) is 21.3. The van der Waals surface area contributed by atoms with Gasteiger partial charge in [-0.15, -0.1) is 0 Å². The molecular formula is C13H18N2O3. The summed E-state index contributed by atoms with van der Waals surface area (Å²) in [6.45, 7) is 0. The summed E-state index contributed by atoms with van der Waals surface area (Å²) in [5.41, 5.74) is 1.24. The molecule has 0 saturated carbocycles. The van der Waals surface area contributed by atoms with Crippen molar-refractivity contribution >= 4 is 12.4 Å². The highest BCUT2D eigenvalue weighted by atomic mass is 16.4. The number of carbonyl (C=O) groups is 2. The van der Waals surface area contributed by atoms with Crippen molar-refractivity contribution in [3.05, 3.63) is 35.9 Å². The zero-order valence-corrected chi connectivity index (χ0v) is 10.2. The second-order valence-electron chi connectivity index (χ2n) is 4.12. The SMILES string of the molecule is NN(C(=O)O)C(C=O)CCCCc1ccccc1. The number of carbonyl (C=O) groups excluding carboxylic acids is 1. The van der Waals surface area contributed by atoms with Crippen LogP contribution >= 0.6 is 0 Å². The highest BCUT2D eigenvalue weighted by molar-refractivity contribution is 5.70. The Hall–Kier alpha value is -1.88. The number of hydrogen-bond donors (Lipinski definition) is 2. The number of carboxylic acid groups (broad SMARTS) is 1. The summed E-state index contributed by atoms with van der Waals surface area (Å²) >= 11 is 0. The minimum absolute atomic E-state index is 0.457. The number of aldehydes is 1. The molecule has 5 nitrogen and oxygen atoms in total. The van der Waals surface area contributed by atoms with Gasteiger partial charge in [0.2, 0.25) is 0 Å². The smallest absolute Gasteiger partial charge is 0.422 e. The van der Waals surface area contributed by atoms with Gasteiger partial charge in [-0.25, -0.2) is 15.6 Å². The van der Waals surface area contributed by atoms with Crippen LogP contribution < -0.4 is 5.84 Å². The molecule has 0 radical (unpaired) electrons. The molecule has 1 unspecified atom stereocenters. The molecule has 0 aliphatic heterocycles. The Labute approximate surface area is 106 Å². The van der Waals surface area contributed by atoms with Crippen LogP contribution in [0.4, 0.5) is 4.79 Å². The average molecular weight is 250 g/mol. The lowest BCUT2D eigenvalue weighted by atomic mass is 10.0. The number of amides is 1. The predicted octanol–water partition coefficient (Wildman–Crippen LogP) is 1.82. The van der Waals surface area contributed by atoms with E-state index in [1.54, 1.807) is 0 Å². The first-order valence-corrected chi connectivity index (χ1v) is 5.91. The lowest BCUT2D eigenvalue weighted by Gasteiger charge is -2.19. The van der Waals surface area contributed by atoms with Gasteiger partial charge in [-0.2, -0.15) is 0 Å². The van der Waals surface area contributed by atoms with E-state index in [1.165, 1.54) is 5.56 Å². The van der Waals surface area contributed by atoms with Crippen molar-refractivity contribution in [2.45, 2.75) is 31.7 Å². The molecule has 0 bridgehead atoms. The Morgan fingerprint density at radius 2 is 2.00 bits per heavy atom. The zero-order valence-electron chi connectivity index (χ0n) is 10.2. The summed E-state index contributed by atoms with van der Waals surface area (Å²) in [5.74, 6) is 5.27. The summed E-state index contributed by atoms with van der Waals surface area (Å²) in [6.07, 6.45) is 2.34. The third kappa shape index (κ3) is 4.55. The minimum Gasteiger partial charge on any atom is -0.464 e. The lowest BCUT2D eigenvalue weighted by molar-refractivity contribution is -0.112. The van der Waals surface area contributed by atoms with Crippen molar-refractivity contribution in [2.24, 2.45) is 5.84 Å². The maximum absolute atomic E-state index is 10.7. The Kier molecular flexibility index (Phi) is 5.87. The summed E-state index contributed by atoms with van der Waals surface area (Å²) in [5, 5.41) is 9.23. The van der Waals surface area contributed by atoms with E-state index < -0.39 is 12.1 Å². The molecular weight excluding hydrogens is 232 g/mol. The van der Waals surface area contributed by atoms with Crippen molar-refractivity contribution in [3.63, 3.8) is 0 Å². The van der Waals surface area contributed by atoms with Crippen molar-refractivity contribution < 1.29 is 14.7 Å². The number of hydrogen-bond acceptors (Lipinski definition) is 3. The largest absolute Gasteiger partial charge is 0.464 e. The van der Waals surface area contributed by atoms with E-state index in [-0.39, 0.29) is 0 Å². The number of unbranched alkanes of at least 4 members (excludes halogenated alkanes) is 1. The summed E-state index contributed by atoms with van der Waals surface area (Å²) in [7, 11) is 0. The van der Waals surface area contributed by atoms with Crippen LogP contribution in [0.25, 0.3) is 0 Å². The standard InChI is InChI=1S/C13H18N2O3/c14-15(13(17)18)12(10-16)9-5-4-8-11-6-2-1-3-7-11/h1-3,6-7,10,12H,4-5,8-9,14H2,(H,17,18). The fourth-order valence-electron chi connectivity index (χ4n) is 1.74. The van der Waals surface area contributed by atoms with Crippen LogP contribution in [0.15, 0.2) is 30.3 Å². The summed E-state index contributed by atoms with van der Waals surface area (Å²) < 4.78 is 0. The van der Waals surface area contributed by atoms with E-state index in [0.717, 1.165) is 19.3 Å². The number of rotatable bonds is 7. The fourth-order valence-corrected chi connectivity index (χ4v) is 1.74. The third-order valence-electron chi connectivity index (χ3n) is 2.79. The van der Waals surface area contributed by atoms with Gasteiger partial charge in [0.15, 0.2) is 0 Å². The van der Waals surface area contributed by atoms with E-state index in [4.69, 9.17) is 10.9 Å². The number of hydrazine groups is 1. The first-order chi connectivity index (χ1) is 8.65. The Balaban J connectivity index is 2.28. The first kappa shape index (κ1) is 14.2. The van der Waals surface area contributed by atoms with E-state index >= 15 is 0 Å². The predicted molar refractivity (Wildman–Crippen MR) is 67.9 cm³/mol. The Morgan fingerprint density at radius 1 is 1.33 bits per heavy atom. The highest BCUT2D eigenvalue weighted by Gasteiger charge is 2.18. The Morgan fingerprint density at radius 3 is 2.56 bits per heavy atom. The van der Waals surface area contributed by atoms with Crippen LogP contribution in [0.2, 0.25) is 0 Å². The second kappa shape index (κ2) is 7.45. The quantitative estimate of drug-likeness (QED) is 0.254. The van der Waals surface area contributed by atoms with Gasteiger partial charge in [0.05, 0.1) is 0 Å². The zero-order chi connectivity index (χ0) is 13.4. The van der Waals surface area contributed by atoms with E-state index in [2.05, 4.69) is 0 Å². The average Bonchev–Trinajstić information content (AvgIpc) is 2.39. The maximum atomic E-state index is 10.7.